The van der Waals surface area contributed by atoms with E-state index in [1.165, 1.54) is 14.2 Å². The topological polar surface area (TPSA) is 92.3 Å². The molecule has 0 aliphatic carbocycles. The Bertz CT molecular complexity index is 882. The van der Waals surface area contributed by atoms with Crippen molar-refractivity contribution < 1.29 is 33.3 Å². The fourth-order valence-corrected chi connectivity index (χ4v) is 2.89. The number of hydrogen-bond donors (Lipinski definition) is 1. The number of rotatable bonds is 10. The maximum Gasteiger partial charge on any atom is 0.310 e. The molecule has 1 atom stereocenters. The summed E-state index contributed by atoms with van der Waals surface area (Å²) in [5.41, 5.74) is 1.44. The molecule has 0 spiro atoms. The Balaban J connectivity index is 1.90. The van der Waals surface area contributed by atoms with Crippen LogP contribution in [0.2, 0.25) is 0 Å². The number of benzene rings is 2. The van der Waals surface area contributed by atoms with E-state index in [1.54, 1.807) is 57.5 Å². The standard InChI is InChI=1S/C22H27NO7/c1-14(17-12-16(26-2)7-9-18(17)27-3)23-21(24)13-30-22(25)11-15-6-8-19(28-4)20(10-15)29-5/h6-10,12,14H,11,13H2,1-5H3,(H,23,24)/t14-/m0/s1. The highest BCUT2D eigenvalue weighted by molar-refractivity contribution is 5.81. The molecule has 8 heteroatoms. The second-order valence-corrected chi connectivity index (χ2v) is 6.42. The number of nitrogens with one attached hydrogen (secondary N) is 1. The van der Waals surface area contributed by atoms with Gasteiger partial charge in [-0.1, -0.05) is 6.07 Å². The van der Waals surface area contributed by atoms with Crippen LogP contribution in [0.15, 0.2) is 36.4 Å². The highest BCUT2D eigenvalue weighted by Crippen LogP contribution is 2.29. The quantitative estimate of drug-likeness (QED) is 0.594. The Morgan fingerprint density at radius 2 is 1.53 bits per heavy atom. The molecule has 0 heterocycles. The first kappa shape index (κ1) is 22.9. The van der Waals surface area contributed by atoms with Crippen molar-refractivity contribution >= 4 is 11.9 Å². The van der Waals surface area contributed by atoms with Gasteiger partial charge in [-0.05, 0) is 42.8 Å². The molecule has 1 N–H and O–H groups in total. The summed E-state index contributed by atoms with van der Waals surface area (Å²) in [6.07, 6.45) is 0.00684. The highest BCUT2D eigenvalue weighted by atomic mass is 16.5. The van der Waals surface area contributed by atoms with Crippen LogP contribution in [-0.4, -0.2) is 46.9 Å². The van der Waals surface area contributed by atoms with E-state index in [0.29, 0.717) is 28.6 Å². The van der Waals surface area contributed by atoms with Crippen molar-refractivity contribution in [3.8, 4) is 23.0 Å². The zero-order valence-electron chi connectivity index (χ0n) is 17.8. The smallest absolute Gasteiger partial charge is 0.310 e. The van der Waals surface area contributed by atoms with Crippen LogP contribution in [0.3, 0.4) is 0 Å². The number of carbonyl (C=O) groups excluding carboxylic acids is 2. The molecule has 0 saturated carbocycles. The van der Waals surface area contributed by atoms with Crippen molar-refractivity contribution in [1.82, 2.24) is 5.32 Å². The van der Waals surface area contributed by atoms with Gasteiger partial charge < -0.3 is 29.0 Å². The summed E-state index contributed by atoms with van der Waals surface area (Å²) < 4.78 is 26.0. The molecule has 162 valence electrons. The molecule has 30 heavy (non-hydrogen) atoms. The number of amides is 1. The second kappa shape index (κ2) is 10.9. The molecule has 1 amide bonds. The lowest BCUT2D eigenvalue weighted by Crippen LogP contribution is -2.31. The largest absolute Gasteiger partial charge is 0.497 e. The molecule has 0 aliphatic heterocycles. The SMILES string of the molecule is COc1ccc(OC)c([C@H](C)NC(=O)COC(=O)Cc2ccc(OC)c(OC)c2)c1. The van der Waals surface area contributed by atoms with Crippen LogP contribution in [0, 0.1) is 0 Å². The van der Waals surface area contributed by atoms with Crippen molar-refractivity contribution in [2.75, 3.05) is 35.0 Å². The van der Waals surface area contributed by atoms with Crippen LogP contribution >= 0.6 is 0 Å². The first-order chi connectivity index (χ1) is 14.4. The summed E-state index contributed by atoms with van der Waals surface area (Å²) in [5, 5.41) is 2.79. The predicted molar refractivity (Wildman–Crippen MR) is 110 cm³/mol. The summed E-state index contributed by atoms with van der Waals surface area (Å²) in [4.78, 5) is 24.3. The summed E-state index contributed by atoms with van der Waals surface area (Å²) in [6.45, 7) is 1.42. The number of ether oxygens (including phenoxy) is 5. The molecular weight excluding hydrogens is 390 g/mol. The van der Waals surface area contributed by atoms with E-state index in [1.807, 2.05) is 0 Å². The number of hydrogen-bond acceptors (Lipinski definition) is 7. The summed E-state index contributed by atoms with van der Waals surface area (Å²) in [7, 11) is 6.16. The van der Waals surface area contributed by atoms with Crippen molar-refractivity contribution in [3.05, 3.63) is 47.5 Å². The van der Waals surface area contributed by atoms with Crippen LogP contribution in [0.1, 0.15) is 24.1 Å². The van der Waals surface area contributed by atoms with E-state index < -0.39 is 11.9 Å². The Hall–Kier alpha value is -3.42. The minimum Gasteiger partial charge on any atom is -0.497 e. The van der Waals surface area contributed by atoms with Crippen molar-refractivity contribution in [2.45, 2.75) is 19.4 Å². The number of carbonyl (C=O) groups is 2. The van der Waals surface area contributed by atoms with Gasteiger partial charge in [0, 0.05) is 5.56 Å². The van der Waals surface area contributed by atoms with Crippen LogP contribution < -0.4 is 24.3 Å². The Kier molecular flexibility index (Phi) is 8.34. The van der Waals surface area contributed by atoms with E-state index in [9.17, 15) is 9.59 Å². The lowest BCUT2D eigenvalue weighted by molar-refractivity contribution is -0.148. The van der Waals surface area contributed by atoms with Crippen LogP contribution in [0.4, 0.5) is 0 Å². The molecule has 2 rings (SSSR count). The molecule has 8 nitrogen and oxygen atoms in total. The van der Waals surface area contributed by atoms with Gasteiger partial charge in [0.15, 0.2) is 18.1 Å². The minimum absolute atomic E-state index is 0.00684. The predicted octanol–water partition coefficient (Wildman–Crippen LogP) is 2.68. The van der Waals surface area contributed by atoms with E-state index >= 15 is 0 Å². The van der Waals surface area contributed by atoms with Crippen LogP contribution in [0.25, 0.3) is 0 Å². The van der Waals surface area contributed by atoms with Gasteiger partial charge in [-0.3, -0.25) is 9.59 Å². The molecule has 0 unspecified atom stereocenters. The summed E-state index contributed by atoms with van der Waals surface area (Å²) >= 11 is 0. The van der Waals surface area contributed by atoms with E-state index in [4.69, 9.17) is 23.7 Å². The number of esters is 1. The maximum atomic E-state index is 12.2. The van der Waals surface area contributed by atoms with Gasteiger partial charge in [0.25, 0.3) is 5.91 Å². The van der Waals surface area contributed by atoms with Crippen LogP contribution in [0.5, 0.6) is 23.0 Å². The van der Waals surface area contributed by atoms with Crippen LogP contribution in [-0.2, 0) is 20.7 Å². The Morgan fingerprint density at radius 1 is 0.867 bits per heavy atom. The first-order valence-electron chi connectivity index (χ1n) is 9.29. The molecule has 0 saturated heterocycles. The molecule has 2 aromatic carbocycles. The third-order valence-electron chi connectivity index (χ3n) is 4.44. The first-order valence-corrected chi connectivity index (χ1v) is 9.29. The van der Waals surface area contributed by atoms with Gasteiger partial charge in [-0.25, -0.2) is 0 Å². The van der Waals surface area contributed by atoms with Gasteiger partial charge in [0.2, 0.25) is 0 Å². The van der Waals surface area contributed by atoms with Gasteiger partial charge in [-0.2, -0.15) is 0 Å². The molecule has 0 aromatic heterocycles. The zero-order valence-corrected chi connectivity index (χ0v) is 17.8. The highest BCUT2D eigenvalue weighted by Gasteiger charge is 2.17. The van der Waals surface area contributed by atoms with Gasteiger partial charge >= 0.3 is 5.97 Å². The minimum atomic E-state index is -0.524. The molecule has 0 bridgehead atoms. The molecule has 0 fully saturated rings. The van der Waals surface area contributed by atoms with Crippen molar-refractivity contribution in [1.29, 1.82) is 0 Å². The van der Waals surface area contributed by atoms with Crippen molar-refractivity contribution in [3.63, 3.8) is 0 Å². The van der Waals surface area contributed by atoms with Gasteiger partial charge in [0.05, 0.1) is 40.9 Å². The second-order valence-electron chi connectivity index (χ2n) is 6.42. The monoisotopic (exact) mass is 417 g/mol. The third kappa shape index (κ3) is 6.04. The average Bonchev–Trinajstić information content (AvgIpc) is 2.76. The van der Waals surface area contributed by atoms with Gasteiger partial charge in [0.1, 0.15) is 11.5 Å². The summed E-state index contributed by atoms with van der Waals surface area (Å²) in [5.74, 6) is 1.40. The fourth-order valence-electron chi connectivity index (χ4n) is 2.89. The lowest BCUT2D eigenvalue weighted by Gasteiger charge is -2.18. The van der Waals surface area contributed by atoms with Gasteiger partial charge in [-0.15, -0.1) is 0 Å². The molecule has 0 aliphatic rings. The summed E-state index contributed by atoms with van der Waals surface area (Å²) in [6, 6.07) is 10.1. The zero-order chi connectivity index (χ0) is 22.1. The maximum absolute atomic E-state index is 12.2. The molecule has 0 radical (unpaired) electrons. The van der Waals surface area contributed by atoms with Crippen molar-refractivity contribution in [2.24, 2.45) is 0 Å². The Morgan fingerprint density at radius 3 is 2.17 bits per heavy atom. The average molecular weight is 417 g/mol. The lowest BCUT2D eigenvalue weighted by atomic mass is 10.1. The number of methoxy groups -OCH3 is 4. The fraction of sp³-hybridized carbons (Fsp3) is 0.364. The molecule has 2 aromatic rings. The van der Waals surface area contributed by atoms with E-state index in [0.717, 1.165) is 5.56 Å². The van der Waals surface area contributed by atoms with E-state index in [-0.39, 0.29) is 19.1 Å². The molecular formula is C22H27NO7. The Labute approximate surface area is 176 Å². The normalized spacial score (nSPS) is 11.2. The third-order valence-corrected chi connectivity index (χ3v) is 4.44. The van der Waals surface area contributed by atoms with E-state index in [2.05, 4.69) is 5.32 Å².